The van der Waals surface area contributed by atoms with E-state index in [1.165, 1.54) is 0 Å². The van der Waals surface area contributed by atoms with E-state index in [2.05, 4.69) is 0 Å². The number of hydrogen-bond donors (Lipinski definition) is 2. The number of aliphatic hydroxyl groups is 1. The first-order valence-corrected chi connectivity index (χ1v) is 4.08. The van der Waals surface area contributed by atoms with Gasteiger partial charge >= 0.3 is 5.97 Å². The normalized spacial score (nSPS) is 16.2. The second-order valence-electron chi connectivity index (χ2n) is 2.99. The highest BCUT2D eigenvalue weighted by molar-refractivity contribution is 5.72. The van der Waals surface area contributed by atoms with Crippen LogP contribution < -0.4 is 0 Å². The van der Waals surface area contributed by atoms with Gasteiger partial charge in [-0.3, -0.25) is 4.79 Å². The van der Waals surface area contributed by atoms with Gasteiger partial charge in [0.25, 0.3) is 0 Å². The van der Waals surface area contributed by atoms with Crippen LogP contribution in [0.4, 0.5) is 0 Å². The monoisotopic (exact) mass is 172 g/mol. The molecule has 0 aromatic heterocycles. The largest absolute Gasteiger partial charge is 0.481 e. The van der Waals surface area contributed by atoms with Gasteiger partial charge in [0, 0.05) is 6.61 Å². The number of hydrogen-bond acceptors (Lipinski definition) is 2. The molecule has 2 N–H and O–H groups in total. The van der Waals surface area contributed by atoms with Crippen molar-refractivity contribution in [2.24, 2.45) is 11.8 Å². The molecule has 0 fully saturated rings. The molecule has 0 radical (unpaired) electrons. The van der Waals surface area contributed by atoms with Gasteiger partial charge in [-0.2, -0.15) is 0 Å². The fourth-order valence-electron chi connectivity index (χ4n) is 1.00. The molecule has 0 bridgehead atoms. The summed E-state index contributed by atoms with van der Waals surface area (Å²) in [5, 5.41) is 17.4. The zero-order valence-corrected chi connectivity index (χ0v) is 7.53. The standard InChI is InChI=1S/C9H16O3/c1-3-4-8(9(11)12)5-7(2)6-10/h3-4,7-8,10H,5-6H2,1-2H3,(H,11,12)/b4-3-. The van der Waals surface area contributed by atoms with Gasteiger partial charge in [-0.15, -0.1) is 0 Å². The van der Waals surface area contributed by atoms with Gasteiger partial charge in [-0.25, -0.2) is 0 Å². The van der Waals surface area contributed by atoms with Crippen LogP contribution in [0.25, 0.3) is 0 Å². The third-order valence-electron chi connectivity index (χ3n) is 1.71. The van der Waals surface area contributed by atoms with Gasteiger partial charge < -0.3 is 10.2 Å². The number of carboxylic acid groups (broad SMARTS) is 1. The van der Waals surface area contributed by atoms with Crippen molar-refractivity contribution in [3.63, 3.8) is 0 Å². The maximum atomic E-state index is 10.6. The predicted molar refractivity (Wildman–Crippen MR) is 46.8 cm³/mol. The minimum Gasteiger partial charge on any atom is -0.481 e. The van der Waals surface area contributed by atoms with Crippen LogP contribution in [0.1, 0.15) is 20.3 Å². The second-order valence-corrected chi connectivity index (χ2v) is 2.99. The summed E-state index contributed by atoms with van der Waals surface area (Å²) >= 11 is 0. The minimum atomic E-state index is -0.826. The third-order valence-corrected chi connectivity index (χ3v) is 1.71. The summed E-state index contributed by atoms with van der Waals surface area (Å²) in [5.41, 5.74) is 0. The van der Waals surface area contributed by atoms with E-state index in [9.17, 15) is 4.79 Å². The van der Waals surface area contributed by atoms with Crippen molar-refractivity contribution in [3.8, 4) is 0 Å². The molecule has 3 nitrogen and oxygen atoms in total. The molecule has 0 aromatic carbocycles. The number of aliphatic hydroxyl groups excluding tert-OH is 1. The summed E-state index contributed by atoms with van der Waals surface area (Å²) in [6.07, 6.45) is 3.87. The molecule has 0 aliphatic carbocycles. The van der Waals surface area contributed by atoms with Crippen molar-refractivity contribution in [1.29, 1.82) is 0 Å². The lowest BCUT2D eigenvalue weighted by Gasteiger charge is -2.11. The number of carboxylic acids is 1. The molecule has 12 heavy (non-hydrogen) atoms. The molecule has 0 aliphatic heterocycles. The van der Waals surface area contributed by atoms with E-state index in [1.54, 1.807) is 19.1 Å². The Morgan fingerprint density at radius 3 is 2.50 bits per heavy atom. The fourth-order valence-corrected chi connectivity index (χ4v) is 1.00. The molecule has 0 aromatic rings. The van der Waals surface area contributed by atoms with Crippen LogP contribution in [0.15, 0.2) is 12.2 Å². The molecule has 2 atom stereocenters. The summed E-state index contributed by atoms with van der Waals surface area (Å²) in [6, 6.07) is 0. The Kier molecular flexibility index (Phi) is 5.37. The van der Waals surface area contributed by atoms with Crippen LogP contribution in [-0.4, -0.2) is 22.8 Å². The van der Waals surface area contributed by atoms with Gasteiger partial charge in [0.15, 0.2) is 0 Å². The van der Waals surface area contributed by atoms with E-state index in [-0.39, 0.29) is 12.5 Å². The fraction of sp³-hybridized carbons (Fsp3) is 0.667. The molecule has 0 spiro atoms. The van der Waals surface area contributed by atoms with Crippen molar-refractivity contribution < 1.29 is 15.0 Å². The average molecular weight is 172 g/mol. The van der Waals surface area contributed by atoms with E-state index in [0.717, 1.165) is 0 Å². The molecule has 70 valence electrons. The minimum absolute atomic E-state index is 0.0430. The molecule has 0 saturated carbocycles. The number of allylic oxidation sites excluding steroid dienone is 1. The quantitative estimate of drug-likeness (QED) is 0.614. The highest BCUT2D eigenvalue weighted by atomic mass is 16.4. The lowest BCUT2D eigenvalue weighted by atomic mass is 9.96. The number of aliphatic carboxylic acids is 1. The summed E-state index contributed by atoms with van der Waals surface area (Å²) in [6.45, 7) is 3.67. The average Bonchev–Trinajstić information content (AvgIpc) is 2.03. The zero-order valence-electron chi connectivity index (χ0n) is 7.53. The molecule has 3 heteroatoms. The Balaban J connectivity index is 4.04. The molecular formula is C9H16O3. The van der Waals surface area contributed by atoms with E-state index >= 15 is 0 Å². The van der Waals surface area contributed by atoms with Crippen LogP contribution in [-0.2, 0) is 4.79 Å². The Bertz CT molecular complexity index is 163. The van der Waals surface area contributed by atoms with Crippen LogP contribution in [0, 0.1) is 11.8 Å². The van der Waals surface area contributed by atoms with Crippen molar-refractivity contribution in [1.82, 2.24) is 0 Å². The van der Waals surface area contributed by atoms with Crippen LogP contribution in [0.5, 0.6) is 0 Å². The number of rotatable bonds is 5. The third kappa shape index (κ3) is 4.13. The first-order valence-electron chi connectivity index (χ1n) is 4.08. The first kappa shape index (κ1) is 11.2. The van der Waals surface area contributed by atoms with Gasteiger partial charge in [0.1, 0.15) is 0 Å². The Labute approximate surface area is 72.7 Å². The van der Waals surface area contributed by atoms with E-state index in [1.807, 2.05) is 6.92 Å². The molecule has 0 amide bonds. The smallest absolute Gasteiger partial charge is 0.310 e. The molecular weight excluding hydrogens is 156 g/mol. The van der Waals surface area contributed by atoms with Crippen LogP contribution >= 0.6 is 0 Å². The lowest BCUT2D eigenvalue weighted by molar-refractivity contribution is -0.140. The molecule has 2 unspecified atom stereocenters. The van der Waals surface area contributed by atoms with Crippen LogP contribution in [0.3, 0.4) is 0 Å². The van der Waals surface area contributed by atoms with E-state index in [4.69, 9.17) is 10.2 Å². The number of carbonyl (C=O) groups is 1. The Morgan fingerprint density at radius 2 is 2.17 bits per heavy atom. The van der Waals surface area contributed by atoms with Gasteiger partial charge in [0.2, 0.25) is 0 Å². The molecule has 0 saturated heterocycles. The summed E-state index contributed by atoms with van der Waals surface area (Å²) in [5.74, 6) is -1.24. The maximum absolute atomic E-state index is 10.6. The van der Waals surface area contributed by atoms with Gasteiger partial charge in [0.05, 0.1) is 5.92 Å². The summed E-state index contributed by atoms with van der Waals surface area (Å²) in [4.78, 5) is 10.6. The van der Waals surface area contributed by atoms with Crippen molar-refractivity contribution >= 4 is 5.97 Å². The Hall–Kier alpha value is -0.830. The predicted octanol–water partition coefficient (Wildman–Crippen LogP) is 1.28. The van der Waals surface area contributed by atoms with E-state index in [0.29, 0.717) is 6.42 Å². The SMILES string of the molecule is C/C=C\C(CC(C)CO)C(=O)O. The van der Waals surface area contributed by atoms with E-state index < -0.39 is 11.9 Å². The highest BCUT2D eigenvalue weighted by Gasteiger charge is 2.16. The van der Waals surface area contributed by atoms with Crippen molar-refractivity contribution in [2.45, 2.75) is 20.3 Å². The van der Waals surface area contributed by atoms with Crippen LogP contribution in [0.2, 0.25) is 0 Å². The first-order chi connectivity index (χ1) is 5.61. The summed E-state index contributed by atoms with van der Waals surface area (Å²) in [7, 11) is 0. The summed E-state index contributed by atoms with van der Waals surface area (Å²) < 4.78 is 0. The van der Waals surface area contributed by atoms with Gasteiger partial charge in [-0.1, -0.05) is 19.1 Å². The highest BCUT2D eigenvalue weighted by Crippen LogP contribution is 2.13. The molecule has 0 heterocycles. The van der Waals surface area contributed by atoms with Gasteiger partial charge in [-0.05, 0) is 19.3 Å². The lowest BCUT2D eigenvalue weighted by Crippen LogP contribution is -2.16. The molecule has 0 aliphatic rings. The Morgan fingerprint density at radius 1 is 1.58 bits per heavy atom. The maximum Gasteiger partial charge on any atom is 0.310 e. The van der Waals surface area contributed by atoms with Crippen molar-refractivity contribution in [3.05, 3.63) is 12.2 Å². The topological polar surface area (TPSA) is 57.5 Å². The second kappa shape index (κ2) is 5.77. The zero-order chi connectivity index (χ0) is 9.56. The van der Waals surface area contributed by atoms with Crippen molar-refractivity contribution in [2.75, 3.05) is 6.61 Å². The molecule has 0 rings (SSSR count).